The van der Waals surface area contributed by atoms with Crippen molar-refractivity contribution in [3.63, 3.8) is 0 Å². The number of para-hydroxylation sites is 1. The zero-order valence-electron chi connectivity index (χ0n) is 11.5. The fraction of sp³-hybridized carbons (Fsp3) is 0.429. The summed E-state index contributed by atoms with van der Waals surface area (Å²) in [6.07, 6.45) is 0.0246. The molecule has 1 unspecified atom stereocenters. The number of carbonyl (C=O) groups excluding carboxylic acids is 2. The van der Waals surface area contributed by atoms with Gasteiger partial charge in [0.15, 0.2) is 0 Å². The first-order valence-corrected chi connectivity index (χ1v) is 6.27. The molecule has 0 aliphatic carbocycles. The Labute approximate surface area is 113 Å². The third kappa shape index (κ3) is 4.06. The van der Waals surface area contributed by atoms with Crippen LogP contribution < -0.4 is 10.2 Å². The van der Waals surface area contributed by atoms with Gasteiger partial charge in [-0.2, -0.15) is 0 Å². The summed E-state index contributed by atoms with van der Waals surface area (Å²) < 4.78 is 0. The fourth-order valence-corrected chi connectivity index (χ4v) is 1.58. The van der Waals surface area contributed by atoms with Crippen molar-refractivity contribution in [2.24, 2.45) is 0 Å². The number of hydrogen-bond donors (Lipinski definition) is 2. The number of anilines is 1. The van der Waals surface area contributed by atoms with Crippen molar-refractivity contribution in [3.05, 3.63) is 29.8 Å². The van der Waals surface area contributed by atoms with Gasteiger partial charge in [-0.1, -0.05) is 19.1 Å². The molecule has 0 saturated heterocycles. The highest BCUT2D eigenvalue weighted by Gasteiger charge is 2.16. The average Bonchev–Trinajstić information content (AvgIpc) is 2.43. The molecule has 0 aliphatic heterocycles. The van der Waals surface area contributed by atoms with E-state index in [4.69, 9.17) is 0 Å². The van der Waals surface area contributed by atoms with Crippen LogP contribution in [0.4, 0.5) is 5.69 Å². The molecule has 19 heavy (non-hydrogen) atoms. The van der Waals surface area contributed by atoms with Crippen LogP contribution >= 0.6 is 0 Å². The molecule has 0 saturated carbocycles. The molecule has 1 aromatic rings. The number of amides is 2. The maximum atomic E-state index is 12.1. The van der Waals surface area contributed by atoms with Crippen LogP contribution in [0, 0.1) is 0 Å². The molecule has 1 rings (SSSR count). The average molecular weight is 264 g/mol. The molecular formula is C14H20N2O3. The molecule has 0 heterocycles. The SMILES string of the molecule is CCC(O)CNC(=O)c1ccccc1N(C)C(C)=O. The maximum absolute atomic E-state index is 12.1. The monoisotopic (exact) mass is 264 g/mol. The van der Waals surface area contributed by atoms with Crippen molar-refractivity contribution in [3.8, 4) is 0 Å². The van der Waals surface area contributed by atoms with E-state index in [0.717, 1.165) is 0 Å². The molecular weight excluding hydrogens is 244 g/mol. The van der Waals surface area contributed by atoms with Gasteiger partial charge in [0.25, 0.3) is 5.91 Å². The van der Waals surface area contributed by atoms with Crippen LogP contribution in [0.1, 0.15) is 30.6 Å². The van der Waals surface area contributed by atoms with Crippen LogP contribution in [0.2, 0.25) is 0 Å². The van der Waals surface area contributed by atoms with Crippen LogP contribution in [0.15, 0.2) is 24.3 Å². The number of hydrogen-bond acceptors (Lipinski definition) is 3. The highest BCUT2D eigenvalue weighted by atomic mass is 16.3. The van der Waals surface area contributed by atoms with E-state index in [-0.39, 0.29) is 18.4 Å². The molecule has 5 nitrogen and oxygen atoms in total. The van der Waals surface area contributed by atoms with Gasteiger partial charge in [0.2, 0.25) is 5.91 Å². The van der Waals surface area contributed by atoms with E-state index in [9.17, 15) is 14.7 Å². The van der Waals surface area contributed by atoms with E-state index < -0.39 is 6.10 Å². The predicted octanol–water partition coefficient (Wildman–Crippen LogP) is 1.17. The third-order valence-corrected chi connectivity index (χ3v) is 2.95. The van der Waals surface area contributed by atoms with E-state index in [0.29, 0.717) is 17.7 Å². The molecule has 2 N–H and O–H groups in total. The molecule has 1 atom stereocenters. The van der Waals surface area contributed by atoms with Gasteiger partial charge in [0, 0.05) is 20.5 Å². The lowest BCUT2D eigenvalue weighted by atomic mass is 10.1. The van der Waals surface area contributed by atoms with Gasteiger partial charge in [0.1, 0.15) is 0 Å². The van der Waals surface area contributed by atoms with Crippen LogP contribution in [-0.2, 0) is 4.79 Å². The molecule has 0 fully saturated rings. The van der Waals surface area contributed by atoms with Crippen LogP contribution in [-0.4, -0.2) is 36.6 Å². The maximum Gasteiger partial charge on any atom is 0.253 e. The summed E-state index contributed by atoms with van der Waals surface area (Å²) in [6, 6.07) is 6.88. The summed E-state index contributed by atoms with van der Waals surface area (Å²) in [6.45, 7) is 3.48. The molecule has 2 amide bonds. The van der Waals surface area contributed by atoms with Gasteiger partial charge in [0.05, 0.1) is 17.4 Å². The summed E-state index contributed by atoms with van der Waals surface area (Å²) >= 11 is 0. The number of carbonyl (C=O) groups is 2. The second kappa shape index (κ2) is 6.89. The van der Waals surface area contributed by atoms with E-state index >= 15 is 0 Å². The van der Waals surface area contributed by atoms with Crippen molar-refractivity contribution in [1.29, 1.82) is 0 Å². The van der Waals surface area contributed by atoms with Crippen LogP contribution in [0.5, 0.6) is 0 Å². The first-order valence-electron chi connectivity index (χ1n) is 6.27. The minimum atomic E-state index is -0.554. The van der Waals surface area contributed by atoms with Crippen molar-refractivity contribution in [2.75, 3.05) is 18.5 Å². The first-order chi connectivity index (χ1) is 8.97. The summed E-state index contributed by atoms with van der Waals surface area (Å²) in [5.41, 5.74) is 0.974. The molecule has 0 bridgehead atoms. The Morgan fingerprint density at radius 1 is 1.37 bits per heavy atom. The number of aliphatic hydroxyl groups excluding tert-OH is 1. The molecule has 1 aromatic carbocycles. The lowest BCUT2D eigenvalue weighted by Crippen LogP contribution is -2.33. The molecule has 0 spiro atoms. The number of rotatable bonds is 5. The number of aliphatic hydroxyl groups is 1. The second-order valence-corrected chi connectivity index (χ2v) is 4.37. The molecule has 0 aromatic heterocycles. The number of benzene rings is 1. The van der Waals surface area contributed by atoms with Gasteiger partial charge in [-0.3, -0.25) is 9.59 Å². The molecule has 0 radical (unpaired) electrons. The van der Waals surface area contributed by atoms with Gasteiger partial charge in [-0.15, -0.1) is 0 Å². The van der Waals surface area contributed by atoms with Crippen molar-refractivity contribution < 1.29 is 14.7 Å². The minimum absolute atomic E-state index is 0.145. The Hall–Kier alpha value is -1.88. The van der Waals surface area contributed by atoms with Crippen molar-refractivity contribution in [1.82, 2.24) is 5.32 Å². The van der Waals surface area contributed by atoms with E-state index in [1.165, 1.54) is 11.8 Å². The second-order valence-electron chi connectivity index (χ2n) is 4.37. The number of nitrogens with zero attached hydrogens (tertiary/aromatic N) is 1. The van der Waals surface area contributed by atoms with Crippen LogP contribution in [0.3, 0.4) is 0 Å². The quantitative estimate of drug-likeness (QED) is 0.838. The molecule has 5 heteroatoms. The largest absolute Gasteiger partial charge is 0.391 e. The smallest absolute Gasteiger partial charge is 0.253 e. The van der Waals surface area contributed by atoms with E-state index in [1.54, 1.807) is 31.3 Å². The van der Waals surface area contributed by atoms with Gasteiger partial charge in [-0.25, -0.2) is 0 Å². The van der Waals surface area contributed by atoms with Gasteiger partial charge < -0.3 is 15.3 Å². The number of nitrogens with one attached hydrogen (secondary N) is 1. The Morgan fingerprint density at radius 3 is 2.58 bits per heavy atom. The fourth-order valence-electron chi connectivity index (χ4n) is 1.58. The van der Waals surface area contributed by atoms with Crippen LogP contribution in [0.25, 0.3) is 0 Å². The lowest BCUT2D eigenvalue weighted by molar-refractivity contribution is -0.116. The summed E-state index contributed by atoms with van der Waals surface area (Å²) in [5.74, 6) is -0.440. The zero-order valence-corrected chi connectivity index (χ0v) is 11.5. The summed E-state index contributed by atoms with van der Waals surface area (Å²) in [7, 11) is 1.62. The highest BCUT2D eigenvalue weighted by Crippen LogP contribution is 2.19. The van der Waals surface area contributed by atoms with Crippen molar-refractivity contribution >= 4 is 17.5 Å². The standard InChI is InChI=1S/C14H20N2O3/c1-4-11(18)9-15-14(19)12-7-5-6-8-13(12)16(3)10(2)17/h5-8,11,18H,4,9H2,1-3H3,(H,15,19). The summed E-state index contributed by atoms with van der Waals surface area (Å²) in [5, 5.41) is 12.1. The van der Waals surface area contributed by atoms with E-state index in [2.05, 4.69) is 5.32 Å². The van der Waals surface area contributed by atoms with Gasteiger partial charge >= 0.3 is 0 Å². The van der Waals surface area contributed by atoms with E-state index in [1.807, 2.05) is 6.92 Å². The van der Waals surface area contributed by atoms with Crippen molar-refractivity contribution in [2.45, 2.75) is 26.4 Å². The molecule has 0 aliphatic rings. The Morgan fingerprint density at radius 2 is 2.00 bits per heavy atom. The predicted molar refractivity (Wildman–Crippen MR) is 74.2 cm³/mol. The topological polar surface area (TPSA) is 69.6 Å². The lowest BCUT2D eigenvalue weighted by Gasteiger charge is -2.19. The molecule has 104 valence electrons. The Kier molecular flexibility index (Phi) is 5.51. The third-order valence-electron chi connectivity index (χ3n) is 2.95. The zero-order chi connectivity index (χ0) is 14.4. The Bertz CT molecular complexity index is 460. The normalized spacial score (nSPS) is 11.8. The highest BCUT2D eigenvalue weighted by molar-refractivity contribution is 6.04. The Balaban J connectivity index is 2.88. The summed E-state index contributed by atoms with van der Waals surface area (Å²) in [4.78, 5) is 24.9. The minimum Gasteiger partial charge on any atom is -0.391 e. The van der Waals surface area contributed by atoms with Gasteiger partial charge in [-0.05, 0) is 18.6 Å². The first kappa shape index (κ1) is 15.2.